The second-order valence-electron chi connectivity index (χ2n) is 3.78. The van der Waals surface area contributed by atoms with Gasteiger partial charge in [-0.1, -0.05) is 34.8 Å². The number of carbonyl (C=O) groups is 1. The Morgan fingerprint density at radius 3 is 2.11 bits per heavy atom. The van der Waals surface area contributed by atoms with E-state index in [1.54, 1.807) is 0 Å². The SMILES string of the molecule is O=C1C[C@@](c2ccc([N+](=O)[O-])cc2)(C(Cl)(Cl)Cl)O1. The number of alkyl halides is 3. The standard InChI is InChI=1S/C10H6Cl3NO4/c11-10(12,13)9(5-8(15)18-9)6-1-3-7(4-2-6)14(16)17/h1-4H,5H2/t9-/m1/s1. The van der Waals surface area contributed by atoms with Gasteiger partial charge in [-0.05, 0) is 12.1 Å². The molecule has 0 unspecified atom stereocenters. The Balaban J connectivity index is 2.39. The summed E-state index contributed by atoms with van der Waals surface area (Å²) in [4.78, 5) is 21.0. The Morgan fingerprint density at radius 1 is 1.28 bits per heavy atom. The van der Waals surface area contributed by atoms with Gasteiger partial charge < -0.3 is 4.74 Å². The number of nitro benzene ring substituents is 1. The molecule has 18 heavy (non-hydrogen) atoms. The molecular formula is C10H6Cl3NO4. The van der Waals surface area contributed by atoms with Crippen molar-refractivity contribution in [2.24, 2.45) is 0 Å². The number of nitro groups is 1. The van der Waals surface area contributed by atoms with E-state index >= 15 is 0 Å². The number of benzene rings is 1. The van der Waals surface area contributed by atoms with E-state index in [-0.39, 0.29) is 12.1 Å². The molecule has 0 aromatic heterocycles. The Kier molecular flexibility index (Phi) is 3.17. The first kappa shape index (κ1) is 13.4. The van der Waals surface area contributed by atoms with Crippen molar-refractivity contribution in [3.63, 3.8) is 0 Å². The summed E-state index contributed by atoms with van der Waals surface area (Å²) in [6.45, 7) is 0. The lowest BCUT2D eigenvalue weighted by atomic mass is 9.87. The number of hydrogen-bond donors (Lipinski definition) is 0. The van der Waals surface area contributed by atoms with Crippen molar-refractivity contribution in [2.45, 2.75) is 15.8 Å². The summed E-state index contributed by atoms with van der Waals surface area (Å²) >= 11 is 17.4. The van der Waals surface area contributed by atoms with Gasteiger partial charge in [0, 0.05) is 17.7 Å². The third kappa shape index (κ3) is 2.02. The van der Waals surface area contributed by atoms with Gasteiger partial charge in [-0.3, -0.25) is 14.9 Å². The van der Waals surface area contributed by atoms with Crippen LogP contribution in [0.2, 0.25) is 0 Å². The number of ether oxygens (including phenoxy) is 1. The first-order valence-electron chi connectivity index (χ1n) is 4.80. The van der Waals surface area contributed by atoms with Crippen LogP contribution < -0.4 is 0 Å². The summed E-state index contributed by atoms with van der Waals surface area (Å²) in [7, 11) is 0. The lowest BCUT2D eigenvalue weighted by Crippen LogP contribution is -2.54. The Morgan fingerprint density at radius 2 is 1.78 bits per heavy atom. The Hall–Kier alpha value is -1.04. The van der Waals surface area contributed by atoms with Crippen LogP contribution in [0.25, 0.3) is 0 Å². The van der Waals surface area contributed by atoms with E-state index in [4.69, 9.17) is 39.5 Å². The number of halogens is 3. The van der Waals surface area contributed by atoms with Crippen molar-refractivity contribution in [3.05, 3.63) is 39.9 Å². The molecule has 0 aliphatic carbocycles. The van der Waals surface area contributed by atoms with Crippen LogP contribution in [0.15, 0.2) is 24.3 Å². The molecule has 1 aliphatic heterocycles. The molecule has 0 spiro atoms. The number of cyclic esters (lactones) is 1. The number of rotatable bonds is 2. The van der Waals surface area contributed by atoms with Crippen LogP contribution in [0.5, 0.6) is 0 Å². The average molecular weight is 311 g/mol. The van der Waals surface area contributed by atoms with Gasteiger partial charge >= 0.3 is 5.97 Å². The molecule has 0 saturated carbocycles. The highest BCUT2D eigenvalue weighted by Crippen LogP contribution is 2.54. The van der Waals surface area contributed by atoms with Crippen LogP contribution in [0.4, 0.5) is 5.69 Å². The predicted octanol–water partition coefficient (Wildman–Crippen LogP) is 3.11. The summed E-state index contributed by atoms with van der Waals surface area (Å²) < 4.78 is 3.14. The molecule has 0 amide bonds. The van der Waals surface area contributed by atoms with Crippen LogP contribution in [-0.2, 0) is 15.1 Å². The van der Waals surface area contributed by atoms with E-state index in [0.29, 0.717) is 5.56 Å². The molecule has 1 heterocycles. The quantitative estimate of drug-likeness (QED) is 0.364. The topological polar surface area (TPSA) is 69.4 Å². The summed E-state index contributed by atoms with van der Waals surface area (Å²) in [5.41, 5.74) is -1.05. The minimum absolute atomic E-state index is 0.0820. The van der Waals surface area contributed by atoms with E-state index in [1.807, 2.05) is 0 Å². The second kappa shape index (κ2) is 4.26. The van der Waals surface area contributed by atoms with Crippen LogP contribution in [0.1, 0.15) is 12.0 Å². The van der Waals surface area contributed by atoms with Crippen LogP contribution in [-0.4, -0.2) is 14.7 Å². The van der Waals surface area contributed by atoms with E-state index in [9.17, 15) is 14.9 Å². The van der Waals surface area contributed by atoms with Crippen LogP contribution in [0.3, 0.4) is 0 Å². The highest BCUT2D eigenvalue weighted by Gasteiger charge is 2.61. The average Bonchev–Trinajstić information content (AvgIpc) is 2.23. The Bertz CT molecular complexity index is 501. The number of non-ortho nitro benzene ring substituents is 1. The molecule has 1 aromatic rings. The van der Waals surface area contributed by atoms with Gasteiger partial charge in [0.15, 0.2) is 5.60 Å². The van der Waals surface area contributed by atoms with Crippen LogP contribution >= 0.6 is 34.8 Å². The normalized spacial score (nSPS) is 23.2. The summed E-state index contributed by atoms with van der Waals surface area (Å²) in [6.07, 6.45) is -0.0820. The molecular weight excluding hydrogens is 304 g/mol. The summed E-state index contributed by atoms with van der Waals surface area (Å²) in [5, 5.41) is 10.5. The minimum atomic E-state index is -1.84. The fourth-order valence-electron chi connectivity index (χ4n) is 1.72. The highest BCUT2D eigenvalue weighted by atomic mass is 35.6. The number of hydrogen-bond acceptors (Lipinski definition) is 4. The molecule has 1 fully saturated rings. The third-order valence-electron chi connectivity index (χ3n) is 2.68. The monoisotopic (exact) mass is 309 g/mol. The molecule has 96 valence electrons. The van der Waals surface area contributed by atoms with Crippen molar-refractivity contribution in [1.29, 1.82) is 0 Å². The first-order chi connectivity index (χ1) is 8.26. The number of nitrogens with zero attached hydrogens (tertiary/aromatic N) is 1. The zero-order chi connectivity index (χ0) is 13.6. The first-order valence-corrected chi connectivity index (χ1v) is 5.93. The maximum atomic E-state index is 11.0. The van der Waals surface area contributed by atoms with Crippen LogP contribution in [0, 0.1) is 10.1 Å². The Labute approximate surface area is 117 Å². The summed E-state index contributed by atoms with van der Waals surface area (Å²) in [6, 6.07) is 5.35. The van der Waals surface area contributed by atoms with E-state index < -0.39 is 20.3 Å². The molecule has 0 radical (unpaired) electrons. The maximum Gasteiger partial charge on any atom is 0.311 e. The van der Waals surface area contributed by atoms with Gasteiger partial charge in [0.2, 0.25) is 3.79 Å². The molecule has 5 nitrogen and oxygen atoms in total. The van der Waals surface area contributed by atoms with Gasteiger partial charge in [-0.25, -0.2) is 0 Å². The fourth-order valence-corrected chi connectivity index (χ4v) is 2.37. The van der Waals surface area contributed by atoms with E-state index in [0.717, 1.165) is 0 Å². The van der Waals surface area contributed by atoms with Gasteiger partial charge in [0.1, 0.15) is 0 Å². The van der Waals surface area contributed by atoms with E-state index in [2.05, 4.69) is 0 Å². The van der Waals surface area contributed by atoms with Gasteiger partial charge in [-0.2, -0.15) is 0 Å². The van der Waals surface area contributed by atoms with Crippen molar-refractivity contribution in [1.82, 2.24) is 0 Å². The third-order valence-corrected chi connectivity index (χ3v) is 3.60. The zero-order valence-electron chi connectivity index (χ0n) is 8.73. The molecule has 0 N–H and O–H groups in total. The maximum absolute atomic E-state index is 11.0. The zero-order valence-corrected chi connectivity index (χ0v) is 11.0. The largest absolute Gasteiger partial charge is 0.449 e. The van der Waals surface area contributed by atoms with Crippen molar-refractivity contribution < 1.29 is 14.5 Å². The lowest BCUT2D eigenvalue weighted by Gasteiger charge is -2.45. The van der Waals surface area contributed by atoms with Gasteiger partial charge in [0.25, 0.3) is 5.69 Å². The molecule has 1 atom stereocenters. The van der Waals surface area contributed by atoms with Gasteiger partial charge in [-0.15, -0.1) is 0 Å². The summed E-state index contributed by atoms with van der Waals surface area (Å²) in [5.74, 6) is -0.486. The van der Waals surface area contributed by atoms with Crippen molar-refractivity contribution >= 4 is 46.5 Å². The fraction of sp³-hybridized carbons (Fsp3) is 0.300. The number of esters is 1. The lowest BCUT2D eigenvalue weighted by molar-refractivity contribution is -0.384. The van der Waals surface area contributed by atoms with Gasteiger partial charge in [0.05, 0.1) is 11.3 Å². The minimum Gasteiger partial charge on any atom is -0.449 e. The molecule has 1 aliphatic rings. The predicted molar refractivity (Wildman–Crippen MR) is 65.8 cm³/mol. The molecule has 2 rings (SSSR count). The smallest absolute Gasteiger partial charge is 0.311 e. The van der Waals surface area contributed by atoms with Crippen molar-refractivity contribution in [2.75, 3.05) is 0 Å². The van der Waals surface area contributed by atoms with Crippen molar-refractivity contribution in [3.8, 4) is 0 Å². The highest BCUT2D eigenvalue weighted by molar-refractivity contribution is 6.68. The molecule has 1 aromatic carbocycles. The number of carbonyl (C=O) groups excluding carboxylic acids is 1. The molecule has 8 heteroatoms. The molecule has 0 bridgehead atoms. The second-order valence-corrected chi connectivity index (χ2v) is 6.06. The van der Waals surface area contributed by atoms with E-state index in [1.165, 1.54) is 24.3 Å². The molecule has 1 saturated heterocycles.